The lowest BCUT2D eigenvalue weighted by Crippen LogP contribution is -2.59. The van der Waals surface area contributed by atoms with Crippen LogP contribution in [0.3, 0.4) is 0 Å². The van der Waals surface area contributed by atoms with Crippen molar-refractivity contribution in [1.82, 2.24) is 0 Å². The van der Waals surface area contributed by atoms with Crippen molar-refractivity contribution in [3.05, 3.63) is 35.6 Å². The highest BCUT2D eigenvalue weighted by Crippen LogP contribution is 2.45. The molecule has 1 aromatic rings. The summed E-state index contributed by atoms with van der Waals surface area (Å²) in [6.45, 7) is 1.74. The second kappa shape index (κ2) is 4.72. The normalized spacial score (nSPS) is 16.4. The van der Waals surface area contributed by atoms with Gasteiger partial charge in [0.1, 0.15) is 11.4 Å². The van der Waals surface area contributed by atoms with Crippen LogP contribution in [0, 0.1) is 5.82 Å². The second-order valence-electron chi connectivity index (χ2n) is 4.63. The molecular formula is C12H14ClF3O2. The van der Waals surface area contributed by atoms with Gasteiger partial charge in [0.15, 0.2) is 5.60 Å². The molecule has 0 radical (unpaired) electrons. The van der Waals surface area contributed by atoms with Crippen LogP contribution in [0.2, 0.25) is 0 Å². The van der Waals surface area contributed by atoms with Gasteiger partial charge in [-0.25, -0.2) is 4.39 Å². The summed E-state index contributed by atoms with van der Waals surface area (Å²) in [5.74, 6) is -5.36. The fraction of sp³-hybridized carbons (Fsp3) is 0.500. The Morgan fingerprint density at radius 1 is 1.11 bits per heavy atom. The van der Waals surface area contributed by atoms with Crippen LogP contribution in [-0.2, 0) is 5.60 Å². The lowest BCUT2D eigenvalue weighted by atomic mass is 9.81. The number of aliphatic hydroxyl groups is 2. The monoisotopic (exact) mass is 282 g/mol. The van der Waals surface area contributed by atoms with Crippen molar-refractivity contribution in [1.29, 1.82) is 0 Å². The van der Waals surface area contributed by atoms with Crippen molar-refractivity contribution in [2.24, 2.45) is 0 Å². The van der Waals surface area contributed by atoms with E-state index in [2.05, 4.69) is 0 Å². The van der Waals surface area contributed by atoms with Crippen molar-refractivity contribution < 1.29 is 23.4 Å². The van der Waals surface area contributed by atoms with Crippen molar-refractivity contribution in [3.8, 4) is 0 Å². The molecule has 0 heterocycles. The highest BCUT2D eigenvalue weighted by molar-refractivity contribution is 6.18. The summed E-state index contributed by atoms with van der Waals surface area (Å²) in [7, 11) is 0. The van der Waals surface area contributed by atoms with Gasteiger partial charge in [0.2, 0.25) is 0 Å². The summed E-state index contributed by atoms with van der Waals surface area (Å²) in [4.78, 5) is 0. The molecule has 0 saturated carbocycles. The zero-order chi connectivity index (χ0) is 14.2. The van der Waals surface area contributed by atoms with E-state index in [-0.39, 0.29) is 5.56 Å². The third-order valence-corrected chi connectivity index (χ3v) is 3.19. The van der Waals surface area contributed by atoms with Crippen LogP contribution in [0.25, 0.3) is 0 Å². The van der Waals surface area contributed by atoms with Gasteiger partial charge in [0, 0.05) is 0 Å². The van der Waals surface area contributed by atoms with Crippen LogP contribution in [0.15, 0.2) is 24.3 Å². The number of halogens is 4. The molecule has 6 heteroatoms. The molecule has 102 valence electrons. The average molecular weight is 283 g/mol. The van der Waals surface area contributed by atoms with Gasteiger partial charge in [0.25, 0.3) is 0 Å². The third-order valence-electron chi connectivity index (χ3n) is 2.80. The third kappa shape index (κ3) is 2.35. The first-order valence-corrected chi connectivity index (χ1v) is 5.74. The predicted octanol–water partition coefficient (Wildman–Crippen LogP) is 2.66. The molecule has 0 amide bonds. The van der Waals surface area contributed by atoms with Crippen LogP contribution >= 0.6 is 11.6 Å². The maximum Gasteiger partial charge on any atom is 0.308 e. The zero-order valence-corrected chi connectivity index (χ0v) is 10.7. The van der Waals surface area contributed by atoms with Crippen LogP contribution in [-0.4, -0.2) is 27.6 Å². The Balaban J connectivity index is 3.33. The Labute approximate surface area is 108 Å². The fourth-order valence-electron chi connectivity index (χ4n) is 1.57. The Kier molecular flexibility index (Phi) is 4.00. The lowest BCUT2D eigenvalue weighted by Gasteiger charge is -2.41. The molecule has 0 aliphatic heterocycles. The summed E-state index contributed by atoms with van der Waals surface area (Å²) in [5, 5.41) is 19.6. The lowest BCUT2D eigenvalue weighted by molar-refractivity contribution is -0.260. The molecule has 0 aliphatic rings. The minimum absolute atomic E-state index is 0.258. The smallest absolute Gasteiger partial charge is 0.308 e. The largest absolute Gasteiger partial charge is 0.384 e. The van der Waals surface area contributed by atoms with E-state index in [1.54, 1.807) is 0 Å². The van der Waals surface area contributed by atoms with E-state index in [0.717, 1.165) is 38.1 Å². The maximum absolute atomic E-state index is 14.1. The van der Waals surface area contributed by atoms with E-state index >= 15 is 0 Å². The van der Waals surface area contributed by atoms with Gasteiger partial charge in [-0.3, -0.25) is 0 Å². The van der Waals surface area contributed by atoms with Gasteiger partial charge in [-0.05, 0) is 31.5 Å². The van der Waals surface area contributed by atoms with Crippen LogP contribution in [0.5, 0.6) is 0 Å². The SMILES string of the molecule is CC(C)(O)C(F)(F)C(O)(CCl)c1ccc(F)cc1. The quantitative estimate of drug-likeness (QED) is 0.834. The van der Waals surface area contributed by atoms with Crippen molar-refractivity contribution in [3.63, 3.8) is 0 Å². The highest BCUT2D eigenvalue weighted by Gasteiger charge is 2.61. The number of alkyl halides is 3. The maximum atomic E-state index is 14.1. The zero-order valence-electron chi connectivity index (χ0n) is 9.92. The van der Waals surface area contributed by atoms with Gasteiger partial charge in [-0.15, -0.1) is 11.6 Å². The standard InChI is InChI=1S/C12H14ClF3O2/c1-10(2,17)12(15,16)11(18,7-13)8-3-5-9(14)6-4-8/h3-6,17-18H,7H2,1-2H3. The molecule has 0 spiro atoms. The van der Waals surface area contributed by atoms with Crippen molar-refractivity contribution in [2.75, 3.05) is 5.88 Å². The molecule has 1 rings (SSSR count). The van der Waals surface area contributed by atoms with Gasteiger partial charge in [0.05, 0.1) is 5.88 Å². The Bertz CT molecular complexity index is 414. The highest BCUT2D eigenvalue weighted by atomic mass is 35.5. The number of hydrogen-bond donors (Lipinski definition) is 2. The molecule has 2 nitrogen and oxygen atoms in total. The predicted molar refractivity (Wildman–Crippen MR) is 62.3 cm³/mol. The number of benzene rings is 1. The molecule has 0 aliphatic carbocycles. The molecule has 0 saturated heterocycles. The molecule has 0 bridgehead atoms. The van der Waals surface area contributed by atoms with Gasteiger partial charge in [-0.1, -0.05) is 12.1 Å². The van der Waals surface area contributed by atoms with Crippen molar-refractivity contribution in [2.45, 2.75) is 31.0 Å². The van der Waals surface area contributed by atoms with Crippen LogP contribution in [0.4, 0.5) is 13.2 Å². The minimum atomic E-state index is -3.90. The minimum Gasteiger partial charge on any atom is -0.384 e. The van der Waals surface area contributed by atoms with Gasteiger partial charge >= 0.3 is 5.92 Å². The van der Waals surface area contributed by atoms with E-state index in [4.69, 9.17) is 11.6 Å². The van der Waals surface area contributed by atoms with Gasteiger partial charge < -0.3 is 10.2 Å². The summed E-state index contributed by atoms with van der Waals surface area (Å²) < 4.78 is 40.9. The fourth-order valence-corrected chi connectivity index (χ4v) is 1.90. The van der Waals surface area contributed by atoms with Crippen LogP contribution < -0.4 is 0 Å². The molecule has 18 heavy (non-hydrogen) atoms. The van der Waals surface area contributed by atoms with E-state index < -0.39 is 28.8 Å². The molecule has 0 fully saturated rings. The number of hydrogen-bond acceptors (Lipinski definition) is 2. The molecule has 1 unspecified atom stereocenters. The Morgan fingerprint density at radius 2 is 1.56 bits per heavy atom. The first kappa shape index (κ1) is 15.3. The Morgan fingerprint density at radius 3 is 1.89 bits per heavy atom. The van der Waals surface area contributed by atoms with E-state index in [1.165, 1.54) is 0 Å². The topological polar surface area (TPSA) is 40.5 Å². The molecule has 0 aromatic heterocycles. The summed E-state index contributed by atoms with van der Waals surface area (Å²) in [6, 6.07) is 3.90. The molecule has 1 atom stereocenters. The molecular weight excluding hydrogens is 269 g/mol. The van der Waals surface area contributed by atoms with E-state index in [9.17, 15) is 23.4 Å². The summed E-state index contributed by atoms with van der Waals surface area (Å²) >= 11 is 5.44. The average Bonchev–Trinajstić information content (AvgIpc) is 2.27. The molecule has 2 N–H and O–H groups in total. The van der Waals surface area contributed by atoms with Crippen molar-refractivity contribution >= 4 is 11.6 Å². The van der Waals surface area contributed by atoms with E-state index in [0.29, 0.717) is 0 Å². The second-order valence-corrected chi connectivity index (χ2v) is 4.90. The first-order valence-electron chi connectivity index (χ1n) is 5.21. The van der Waals surface area contributed by atoms with E-state index in [1.807, 2.05) is 0 Å². The summed E-state index contributed by atoms with van der Waals surface area (Å²) in [5.41, 5.74) is -5.52. The van der Waals surface area contributed by atoms with Crippen LogP contribution in [0.1, 0.15) is 19.4 Å². The first-order chi connectivity index (χ1) is 8.06. The molecule has 1 aromatic carbocycles. The summed E-state index contributed by atoms with van der Waals surface area (Å²) in [6.07, 6.45) is 0. The number of rotatable bonds is 4. The Hall–Kier alpha value is -0.780. The van der Waals surface area contributed by atoms with Gasteiger partial charge in [-0.2, -0.15) is 8.78 Å².